The average Bonchev–Trinajstić information content (AvgIpc) is 2.86. The highest BCUT2D eigenvalue weighted by atomic mass is 19.1. The fourth-order valence-electron chi connectivity index (χ4n) is 4.98. The van der Waals surface area contributed by atoms with E-state index in [0.717, 1.165) is 24.1 Å². The predicted octanol–water partition coefficient (Wildman–Crippen LogP) is 1.76. The van der Waals surface area contributed by atoms with Crippen LogP contribution < -0.4 is 5.32 Å². The number of carbonyl (C=O) groups excluding carboxylic acids is 3. The fraction of sp³-hybridized carbons (Fsp3) is 0.444. The van der Waals surface area contributed by atoms with Crippen molar-refractivity contribution in [2.24, 2.45) is 0 Å². The molecule has 4 rings (SSSR count). The van der Waals surface area contributed by atoms with Crippen molar-refractivity contribution in [1.29, 1.82) is 0 Å². The Labute approximate surface area is 217 Å². The van der Waals surface area contributed by atoms with Crippen LogP contribution in [0, 0.1) is 5.82 Å². The van der Waals surface area contributed by atoms with E-state index in [4.69, 9.17) is 0 Å². The number of carbonyl (C=O) groups is 3. The van der Waals surface area contributed by atoms with Gasteiger partial charge in [0.25, 0.3) is 0 Å². The number of nitrogens with zero attached hydrogens (tertiary/aromatic N) is 5. The van der Waals surface area contributed by atoms with Gasteiger partial charge in [-0.25, -0.2) is 19.2 Å². The van der Waals surface area contributed by atoms with E-state index in [1.165, 1.54) is 17.1 Å². The van der Waals surface area contributed by atoms with Gasteiger partial charge >= 0.3 is 6.03 Å². The molecule has 2 aliphatic heterocycles. The van der Waals surface area contributed by atoms with Gasteiger partial charge in [0.2, 0.25) is 11.8 Å². The molecule has 1 unspecified atom stereocenters. The molecular formula is C27H35FN6O3. The summed E-state index contributed by atoms with van der Waals surface area (Å²) in [5, 5.41) is 6.03. The van der Waals surface area contributed by atoms with Gasteiger partial charge in [0, 0.05) is 26.6 Å². The first-order valence-corrected chi connectivity index (χ1v) is 12.6. The summed E-state index contributed by atoms with van der Waals surface area (Å²) in [5.41, 5.74) is 1.71. The maximum absolute atomic E-state index is 13.7. The normalized spacial score (nSPS) is 20.4. The van der Waals surface area contributed by atoms with Crippen LogP contribution in [-0.4, -0.2) is 102 Å². The molecule has 2 heterocycles. The van der Waals surface area contributed by atoms with Crippen LogP contribution in [0.2, 0.25) is 0 Å². The number of fused-ring (bicyclic) bond motifs is 1. The molecular weight excluding hydrogens is 475 g/mol. The van der Waals surface area contributed by atoms with Crippen molar-refractivity contribution < 1.29 is 18.8 Å². The minimum atomic E-state index is -0.700. The van der Waals surface area contributed by atoms with Crippen molar-refractivity contribution in [3.05, 3.63) is 71.5 Å². The van der Waals surface area contributed by atoms with Gasteiger partial charge in [-0.15, -0.1) is 0 Å². The number of piperazine rings is 1. The van der Waals surface area contributed by atoms with Gasteiger partial charge in [0.05, 0.1) is 13.1 Å². The van der Waals surface area contributed by atoms with Crippen LogP contribution in [-0.2, 0) is 22.6 Å². The summed E-state index contributed by atoms with van der Waals surface area (Å²) >= 11 is 0. The SMILES string of the molecule is CN(C)CCCN1CC2N(C(=O)CN(C)N2C(=O)NCc2ccc(F)cc2)[C@@H](Cc2ccccc2)C1=O. The molecule has 0 bridgehead atoms. The second-order valence-electron chi connectivity index (χ2n) is 9.87. The molecule has 0 aliphatic carbocycles. The number of nitrogens with one attached hydrogen (secondary N) is 1. The van der Waals surface area contributed by atoms with E-state index in [-0.39, 0.29) is 43.3 Å². The number of hydrazine groups is 1. The van der Waals surface area contributed by atoms with E-state index < -0.39 is 12.2 Å². The molecule has 2 aromatic carbocycles. The molecule has 4 amide bonds. The van der Waals surface area contributed by atoms with Crippen molar-refractivity contribution in [2.75, 3.05) is 47.3 Å². The Hall–Kier alpha value is -3.50. The summed E-state index contributed by atoms with van der Waals surface area (Å²) in [6, 6.07) is 14.5. The lowest BCUT2D eigenvalue weighted by atomic mass is 9.98. The summed E-state index contributed by atoms with van der Waals surface area (Å²) in [6.45, 7) is 1.79. The zero-order valence-electron chi connectivity index (χ0n) is 21.6. The van der Waals surface area contributed by atoms with E-state index in [0.29, 0.717) is 13.0 Å². The highest BCUT2D eigenvalue weighted by Gasteiger charge is 2.50. The summed E-state index contributed by atoms with van der Waals surface area (Å²) in [7, 11) is 5.67. The van der Waals surface area contributed by atoms with Gasteiger partial charge in [-0.3, -0.25) is 9.59 Å². The Morgan fingerprint density at radius 1 is 1.05 bits per heavy atom. The number of rotatable bonds is 8. The Kier molecular flexibility index (Phi) is 8.40. The van der Waals surface area contributed by atoms with Gasteiger partial charge in [-0.2, -0.15) is 0 Å². The topological polar surface area (TPSA) is 79.4 Å². The second kappa shape index (κ2) is 11.7. The van der Waals surface area contributed by atoms with E-state index in [1.54, 1.807) is 34.0 Å². The highest BCUT2D eigenvalue weighted by Crippen LogP contribution is 2.28. The fourth-order valence-corrected chi connectivity index (χ4v) is 4.98. The summed E-state index contributed by atoms with van der Waals surface area (Å²) < 4.78 is 13.3. The molecule has 37 heavy (non-hydrogen) atoms. The van der Waals surface area contributed by atoms with Gasteiger partial charge in [-0.1, -0.05) is 42.5 Å². The van der Waals surface area contributed by atoms with Crippen molar-refractivity contribution >= 4 is 17.8 Å². The Balaban J connectivity index is 1.58. The van der Waals surface area contributed by atoms with Crippen LogP contribution in [0.4, 0.5) is 9.18 Å². The lowest BCUT2D eigenvalue weighted by Crippen LogP contribution is -2.76. The number of likely N-dealkylation sites (N-methyl/N-ethyl adjacent to an activating group) is 1. The highest BCUT2D eigenvalue weighted by molar-refractivity contribution is 5.91. The van der Waals surface area contributed by atoms with Crippen LogP contribution in [0.25, 0.3) is 0 Å². The van der Waals surface area contributed by atoms with E-state index in [2.05, 4.69) is 10.2 Å². The van der Waals surface area contributed by atoms with Crippen LogP contribution in [0.5, 0.6) is 0 Å². The molecule has 2 aliphatic rings. The van der Waals surface area contributed by atoms with E-state index in [1.807, 2.05) is 44.4 Å². The molecule has 0 spiro atoms. The number of hydrogen-bond donors (Lipinski definition) is 1. The van der Waals surface area contributed by atoms with Crippen LogP contribution in [0.15, 0.2) is 54.6 Å². The minimum Gasteiger partial charge on any atom is -0.337 e. The molecule has 2 aromatic rings. The molecule has 9 nitrogen and oxygen atoms in total. The number of urea groups is 1. The molecule has 1 N–H and O–H groups in total. The van der Waals surface area contributed by atoms with Gasteiger partial charge in [0.1, 0.15) is 18.0 Å². The quantitative estimate of drug-likeness (QED) is 0.586. The van der Waals surface area contributed by atoms with E-state index in [9.17, 15) is 18.8 Å². The first-order chi connectivity index (χ1) is 17.7. The lowest BCUT2D eigenvalue weighted by Gasteiger charge is -2.54. The van der Waals surface area contributed by atoms with Gasteiger partial charge in [-0.05, 0) is 50.3 Å². The van der Waals surface area contributed by atoms with E-state index >= 15 is 0 Å². The third-order valence-electron chi connectivity index (χ3n) is 6.81. The third kappa shape index (κ3) is 6.26. The number of amides is 4. The first kappa shape index (κ1) is 26.6. The van der Waals surface area contributed by atoms with Crippen LogP contribution >= 0.6 is 0 Å². The smallest absolute Gasteiger partial charge is 0.334 e. The molecule has 0 saturated carbocycles. The molecule has 198 valence electrons. The second-order valence-corrected chi connectivity index (χ2v) is 9.87. The Bertz CT molecular complexity index is 1100. The van der Waals surface area contributed by atoms with Crippen LogP contribution in [0.1, 0.15) is 17.5 Å². The maximum atomic E-state index is 13.7. The minimum absolute atomic E-state index is 0.0142. The average molecular weight is 511 g/mol. The maximum Gasteiger partial charge on any atom is 0.334 e. The Morgan fingerprint density at radius 2 is 1.76 bits per heavy atom. The van der Waals surface area contributed by atoms with Crippen molar-refractivity contribution in [3.8, 4) is 0 Å². The zero-order valence-corrected chi connectivity index (χ0v) is 21.6. The van der Waals surface area contributed by atoms with Gasteiger partial charge < -0.3 is 20.0 Å². The largest absolute Gasteiger partial charge is 0.337 e. The summed E-state index contributed by atoms with van der Waals surface area (Å²) in [6.07, 6.45) is 0.524. The molecule has 2 saturated heterocycles. The Morgan fingerprint density at radius 3 is 2.43 bits per heavy atom. The number of benzene rings is 2. The standard InChI is InChI=1S/C27H35FN6O3/c1-30(2)14-7-15-32-18-24-33(23(26(32)36)16-20-8-5-4-6-9-20)25(35)19-31(3)34(24)27(37)29-17-21-10-12-22(28)13-11-21/h4-6,8-13,23-24H,7,14-19H2,1-3H3,(H,29,37)/t23-,24?/m0/s1. The number of hydrogen-bond acceptors (Lipinski definition) is 5. The molecule has 2 atom stereocenters. The zero-order chi connectivity index (χ0) is 26.5. The van der Waals surface area contributed by atoms with Gasteiger partial charge in [0.15, 0.2) is 0 Å². The van der Waals surface area contributed by atoms with Crippen molar-refractivity contribution in [2.45, 2.75) is 31.6 Å². The molecule has 10 heteroatoms. The number of halogens is 1. The molecule has 2 fully saturated rings. The lowest BCUT2D eigenvalue weighted by molar-refractivity contribution is -0.187. The predicted molar refractivity (Wildman–Crippen MR) is 137 cm³/mol. The monoisotopic (exact) mass is 510 g/mol. The third-order valence-corrected chi connectivity index (χ3v) is 6.81. The molecule has 0 radical (unpaired) electrons. The summed E-state index contributed by atoms with van der Waals surface area (Å²) in [5.74, 6) is -0.619. The first-order valence-electron chi connectivity index (χ1n) is 12.6. The molecule has 0 aromatic heterocycles. The van der Waals surface area contributed by atoms with Crippen molar-refractivity contribution in [1.82, 2.24) is 30.0 Å². The van der Waals surface area contributed by atoms with Crippen molar-refractivity contribution in [3.63, 3.8) is 0 Å². The van der Waals surface area contributed by atoms with Crippen LogP contribution in [0.3, 0.4) is 0 Å². The summed E-state index contributed by atoms with van der Waals surface area (Å²) in [4.78, 5) is 45.8.